The van der Waals surface area contributed by atoms with Crippen LogP contribution in [0, 0.1) is 5.92 Å². The van der Waals surface area contributed by atoms with Gasteiger partial charge >= 0.3 is 5.97 Å². The first kappa shape index (κ1) is 14.3. The van der Waals surface area contributed by atoms with E-state index in [1.807, 2.05) is 0 Å². The topological polar surface area (TPSA) is 79.6 Å². The molecule has 2 heterocycles. The van der Waals surface area contributed by atoms with Crippen LogP contribution in [0.15, 0.2) is 12.3 Å². The molecule has 1 aliphatic heterocycles. The van der Waals surface area contributed by atoms with Gasteiger partial charge in [-0.15, -0.1) is 0 Å². The van der Waals surface area contributed by atoms with Gasteiger partial charge in [0.1, 0.15) is 5.69 Å². The number of carboxylic acid groups (broad SMARTS) is 1. The number of hydrogen-bond donors (Lipinski definition) is 1. The van der Waals surface area contributed by atoms with E-state index in [0.29, 0.717) is 37.2 Å². The Balaban J connectivity index is 2.09. The fraction of sp³-hybridized carbons (Fsp3) is 0.500. The molecule has 1 amide bonds. The number of carbonyl (C=O) groups is 3. The molecule has 0 unspecified atom stereocenters. The Kier molecular flexibility index (Phi) is 3.92. The van der Waals surface area contributed by atoms with Crippen LogP contribution in [-0.2, 0) is 11.8 Å². The number of likely N-dealkylation sites (tertiary alicyclic amines) is 1. The highest BCUT2D eigenvalue weighted by atomic mass is 16.4. The number of aryl methyl sites for hydroxylation is 1. The molecule has 0 aliphatic carbocycles. The molecule has 1 aliphatic rings. The Hall–Kier alpha value is -2.11. The Morgan fingerprint density at radius 3 is 2.30 bits per heavy atom. The van der Waals surface area contributed by atoms with E-state index in [-0.39, 0.29) is 17.6 Å². The van der Waals surface area contributed by atoms with Gasteiger partial charge in [0.15, 0.2) is 5.78 Å². The monoisotopic (exact) mass is 278 g/mol. The van der Waals surface area contributed by atoms with Gasteiger partial charge < -0.3 is 14.6 Å². The number of ketones is 1. The van der Waals surface area contributed by atoms with Crippen LogP contribution in [0.1, 0.15) is 40.6 Å². The molecule has 0 bridgehead atoms. The number of amides is 1. The van der Waals surface area contributed by atoms with E-state index in [2.05, 4.69) is 0 Å². The van der Waals surface area contributed by atoms with Crippen molar-refractivity contribution < 1.29 is 19.5 Å². The zero-order valence-electron chi connectivity index (χ0n) is 11.6. The van der Waals surface area contributed by atoms with E-state index in [9.17, 15) is 14.4 Å². The van der Waals surface area contributed by atoms with Gasteiger partial charge in [0.05, 0.1) is 5.92 Å². The number of aliphatic carboxylic acids is 1. The molecule has 0 atom stereocenters. The molecule has 0 aromatic carbocycles. The molecular formula is C14H18N2O4. The summed E-state index contributed by atoms with van der Waals surface area (Å²) in [6.45, 7) is 2.34. The van der Waals surface area contributed by atoms with Gasteiger partial charge in [-0.25, -0.2) is 0 Å². The van der Waals surface area contributed by atoms with Gasteiger partial charge in [-0.1, -0.05) is 0 Å². The summed E-state index contributed by atoms with van der Waals surface area (Å²) in [6.07, 6.45) is 2.59. The third-order valence-corrected chi connectivity index (χ3v) is 3.76. The van der Waals surface area contributed by atoms with Crippen molar-refractivity contribution in [1.82, 2.24) is 9.47 Å². The third-order valence-electron chi connectivity index (χ3n) is 3.76. The van der Waals surface area contributed by atoms with E-state index in [1.165, 1.54) is 6.92 Å². The van der Waals surface area contributed by atoms with Crippen molar-refractivity contribution in [2.45, 2.75) is 19.8 Å². The number of nitrogens with zero attached hydrogens (tertiary/aromatic N) is 2. The number of carboxylic acids is 1. The molecule has 108 valence electrons. The van der Waals surface area contributed by atoms with Gasteiger partial charge in [-0.05, 0) is 25.8 Å². The van der Waals surface area contributed by atoms with Gasteiger partial charge in [0, 0.05) is 31.9 Å². The van der Waals surface area contributed by atoms with Crippen LogP contribution >= 0.6 is 0 Å². The van der Waals surface area contributed by atoms with Crippen molar-refractivity contribution in [2.24, 2.45) is 13.0 Å². The molecule has 1 saturated heterocycles. The smallest absolute Gasteiger partial charge is 0.306 e. The van der Waals surface area contributed by atoms with Gasteiger partial charge in [-0.3, -0.25) is 14.4 Å². The second-order valence-electron chi connectivity index (χ2n) is 5.19. The zero-order valence-corrected chi connectivity index (χ0v) is 11.6. The molecule has 1 aromatic heterocycles. The summed E-state index contributed by atoms with van der Waals surface area (Å²) in [6, 6.07) is 1.59. The molecule has 6 nitrogen and oxygen atoms in total. The van der Waals surface area contributed by atoms with Crippen molar-refractivity contribution >= 4 is 17.7 Å². The molecule has 1 fully saturated rings. The predicted octanol–water partition coefficient (Wildman–Crippen LogP) is 1.16. The van der Waals surface area contributed by atoms with E-state index in [0.717, 1.165) is 0 Å². The molecule has 2 rings (SSSR count). The molecule has 0 spiro atoms. The summed E-state index contributed by atoms with van der Waals surface area (Å²) in [7, 11) is 1.73. The summed E-state index contributed by atoms with van der Waals surface area (Å²) in [4.78, 5) is 36.2. The minimum atomic E-state index is -0.796. The second-order valence-corrected chi connectivity index (χ2v) is 5.19. The lowest BCUT2D eigenvalue weighted by atomic mass is 9.97. The van der Waals surface area contributed by atoms with Crippen LogP contribution in [0.25, 0.3) is 0 Å². The number of piperidine rings is 1. The molecule has 20 heavy (non-hydrogen) atoms. The molecular weight excluding hydrogens is 260 g/mol. The van der Waals surface area contributed by atoms with E-state index in [4.69, 9.17) is 5.11 Å². The minimum Gasteiger partial charge on any atom is -0.481 e. The molecule has 0 saturated carbocycles. The van der Waals surface area contributed by atoms with Crippen molar-refractivity contribution in [2.75, 3.05) is 13.1 Å². The highest BCUT2D eigenvalue weighted by molar-refractivity contribution is 5.99. The quantitative estimate of drug-likeness (QED) is 0.841. The summed E-state index contributed by atoms with van der Waals surface area (Å²) in [5, 5.41) is 8.94. The van der Waals surface area contributed by atoms with Crippen molar-refractivity contribution in [1.29, 1.82) is 0 Å². The maximum Gasteiger partial charge on any atom is 0.306 e. The summed E-state index contributed by atoms with van der Waals surface area (Å²) in [5.41, 5.74) is 0.972. The highest BCUT2D eigenvalue weighted by Gasteiger charge is 2.28. The SMILES string of the molecule is CC(=O)c1cc(C(=O)N2CCC(C(=O)O)CC2)n(C)c1. The fourth-order valence-electron chi connectivity index (χ4n) is 2.46. The number of hydrogen-bond acceptors (Lipinski definition) is 3. The molecule has 6 heteroatoms. The summed E-state index contributed by atoms with van der Waals surface area (Å²) >= 11 is 0. The van der Waals surface area contributed by atoms with Crippen molar-refractivity contribution in [3.63, 3.8) is 0 Å². The van der Waals surface area contributed by atoms with E-state index >= 15 is 0 Å². The predicted molar refractivity (Wildman–Crippen MR) is 71.7 cm³/mol. The Morgan fingerprint density at radius 1 is 1.25 bits per heavy atom. The highest BCUT2D eigenvalue weighted by Crippen LogP contribution is 2.20. The van der Waals surface area contributed by atoms with Crippen LogP contribution in [-0.4, -0.2) is 45.3 Å². The van der Waals surface area contributed by atoms with Gasteiger partial charge in [-0.2, -0.15) is 0 Å². The summed E-state index contributed by atoms with van der Waals surface area (Å²) in [5.74, 6) is -1.39. The minimum absolute atomic E-state index is 0.0794. The molecule has 0 radical (unpaired) electrons. The maximum atomic E-state index is 12.4. The number of Topliss-reactive ketones (excluding diaryl/α,β-unsaturated/α-hetero) is 1. The first-order valence-corrected chi connectivity index (χ1v) is 6.59. The average molecular weight is 278 g/mol. The third kappa shape index (κ3) is 2.74. The summed E-state index contributed by atoms with van der Waals surface area (Å²) < 4.78 is 1.64. The standard InChI is InChI=1S/C14H18N2O4/c1-9(17)11-7-12(15(2)8-11)13(18)16-5-3-10(4-6-16)14(19)20/h7-8,10H,3-6H2,1-2H3,(H,19,20). The fourth-order valence-corrected chi connectivity index (χ4v) is 2.46. The number of aromatic nitrogens is 1. The van der Waals surface area contributed by atoms with E-state index < -0.39 is 5.97 Å². The van der Waals surface area contributed by atoms with Crippen LogP contribution in [0.4, 0.5) is 0 Å². The average Bonchev–Trinajstić information content (AvgIpc) is 2.80. The Bertz CT molecular complexity index is 554. The largest absolute Gasteiger partial charge is 0.481 e. The van der Waals surface area contributed by atoms with Crippen LogP contribution in [0.5, 0.6) is 0 Å². The normalized spacial score (nSPS) is 16.2. The first-order chi connectivity index (χ1) is 9.40. The molecule has 1 N–H and O–H groups in total. The number of rotatable bonds is 3. The zero-order chi connectivity index (χ0) is 14.9. The first-order valence-electron chi connectivity index (χ1n) is 6.59. The Labute approximate surface area is 117 Å². The van der Waals surface area contributed by atoms with Crippen molar-refractivity contribution in [3.8, 4) is 0 Å². The van der Waals surface area contributed by atoms with Crippen molar-refractivity contribution in [3.05, 3.63) is 23.5 Å². The van der Waals surface area contributed by atoms with Crippen LogP contribution in [0.3, 0.4) is 0 Å². The van der Waals surface area contributed by atoms with Crippen LogP contribution in [0.2, 0.25) is 0 Å². The van der Waals surface area contributed by atoms with Gasteiger partial charge in [0.2, 0.25) is 0 Å². The maximum absolute atomic E-state index is 12.4. The Morgan fingerprint density at radius 2 is 1.85 bits per heavy atom. The van der Waals surface area contributed by atoms with Crippen LogP contribution < -0.4 is 0 Å². The molecule has 1 aromatic rings. The van der Waals surface area contributed by atoms with E-state index in [1.54, 1.807) is 28.8 Å². The van der Waals surface area contributed by atoms with Gasteiger partial charge in [0.25, 0.3) is 5.91 Å². The lowest BCUT2D eigenvalue weighted by Gasteiger charge is -2.30. The number of carbonyl (C=O) groups excluding carboxylic acids is 2. The lowest BCUT2D eigenvalue weighted by molar-refractivity contribution is -0.143. The second kappa shape index (κ2) is 5.48. The lowest BCUT2D eigenvalue weighted by Crippen LogP contribution is -2.40.